The van der Waals surface area contributed by atoms with Crippen molar-refractivity contribution >= 4 is 22.8 Å². The highest BCUT2D eigenvalue weighted by molar-refractivity contribution is 6.03. The maximum absolute atomic E-state index is 11.6. The van der Waals surface area contributed by atoms with E-state index < -0.39 is 0 Å². The number of hydrogen-bond donors (Lipinski definition) is 0. The summed E-state index contributed by atoms with van der Waals surface area (Å²) in [5.41, 5.74) is 3.02. The third-order valence-electron chi connectivity index (χ3n) is 3.18. The molecule has 0 saturated heterocycles. The van der Waals surface area contributed by atoms with Gasteiger partial charge in [0.25, 0.3) is 0 Å². The number of hydrogen-bond acceptors (Lipinski definition) is 2. The summed E-state index contributed by atoms with van der Waals surface area (Å²) in [6.45, 7) is 0. The maximum atomic E-state index is 11.6. The molecule has 3 rings (SSSR count). The van der Waals surface area contributed by atoms with Gasteiger partial charge >= 0.3 is 5.97 Å². The zero-order chi connectivity index (χ0) is 11.8. The molecule has 0 radical (unpaired) electrons. The molecule has 0 bridgehead atoms. The van der Waals surface area contributed by atoms with Crippen LogP contribution in [0.1, 0.15) is 11.1 Å². The Kier molecular flexibility index (Phi) is 2.22. The van der Waals surface area contributed by atoms with Crippen LogP contribution in [0.3, 0.4) is 0 Å². The fraction of sp³-hybridized carbons (Fsp3) is 0.133. The molecule has 0 aliphatic heterocycles. The molecule has 2 heteroatoms. The summed E-state index contributed by atoms with van der Waals surface area (Å²) < 4.78 is 4.79. The van der Waals surface area contributed by atoms with Gasteiger partial charge in [0.2, 0.25) is 0 Å². The minimum Gasteiger partial charge on any atom is -0.466 e. The molecular weight excluding hydrogens is 212 g/mol. The van der Waals surface area contributed by atoms with E-state index in [1.165, 1.54) is 23.4 Å². The van der Waals surface area contributed by atoms with Gasteiger partial charge in [-0.15, -0.1) is 0 Å². The first-order chi connectivity index (χ1) is 8.29. The molecule has 84 valence electrons. The monoisotopic (exact) mass is 224 g/mol. The number of benzene rings is 2. The third kappa shape index (κ3) is 1.53. The van der Waals surface area contributed by atoms with Crippen molar-refractivity contribution in [2.24, 2.45) is 0 Å². The fourth-order valence-electron chi connectivity index (χ4n) is 2.42. The van der Waals surface area contributed by atoms with Gasteiger partial charge in [0.1, 0.15) is 0 Å². The molecule has 0 heterocycles. The summed E-state index contributed by atoms with van der Waals surface area (Å²) in [6.07, 6.45) is 2.59. The second-order valence-corrected chi connectivity index (χ2v) is 4.20. The second kappa shape index (κ2) is 3.74. The van der Waals surface area contributed by atoms with Crippen molar-refractivity contribution in [3.63, 3.8) is 0 Å². The Morgan fingerprint density at radius 1 is 1.18 bits per heavy atom. The molecule has 0 spiro atoms. The standard InChI is InChI=1S/C15H12O2/c1-17-15(16)13-8-11-6-2-4-10-5-3-7-12(9-13)14(10)11/h2-8H,9H2,1H3. The quantitative estimate of drug-likeness (QED) is 0.696. The number of rotatable bonds is 1. The normalized spacial score (nSPS) is 13.4. The molecule has 0 atom stereocenters. The first-order valence-electron chi connectivity index (χ1n) is 5.59. The van der Waals surface area contributed by atoms with Gasteiger partial charge in [-0.1, -0.05) is 36.4 Å². The number of carbonyl (C=O) groups excluding carboxylic acids is 1. The van der Waals surface area contributed by atoms with Crippen molar-refractivity contribution in [3.8, 4) is 0 Å². The average Bonchev–Trinajstić information content (AvgIpc) is 2.38. The van der Waals surface area contributed by atoms with Gasteiger partial charge in [-0.3, -0.25) is 0 Å². The van der Waals surface area contributed by atoms with E-state index >= 15 is 0 Å². The van der Waals surface area contributed by atoms with Crippen LogP contribution >= 0.6 is 0 Å². The van der Waals surface area contributed by atoms with Crippen LogP contribution in [0, 0.1) is 0 Å². The van der Waals surface area contributed by atoms with Gasteiger partial charge in [0.15, 0.2) is 0 Å². The SMILES string of the molecule is COC(=O)C1=Cc2cccc3cccc(c23)C1. The van der Waals surface area contributed by atoms with Crippen LogP contribution in [0.15, 0.2) is 42.0 Å². The summed E-state index contributed by atoms with van der Waals surface area (Å²) in [4.78, 5) is 11.6. The van der Waals surface area contributed by atoms with Crippen LogP contribution < -0.4 is 0 Å². The lowest BCUT2D eigenvalue weighted by molar-refractivity contribution is -0.136. The van der Waals surface area contributed by atoms with Crippen molar-refractivity contribution in [2.45, 2.75) is 6.42 Å². The Morgan fingerprint density at radius 3 is 2.71 bits per heavy atom. The minimum atomic E-state index is -0.239. The lowest BCUT2D eigenvalue weighted by atomic mass is 9.89. The van der Waals surface area contributed by atoms with Crippen LogP contribution in [0.4, 0.5) is 0 Å². The molecule has 0 amide bonds. The predicted octanol–water partition coefficient (Wildman–Crippen LogP) is 2.95. The van der Waals surface area contributed by atoms with Crippen LogP contribution in [0.25, 0.3) is 16.8 Å². The molecule has 0 unspecified atom stereocenters. The Hall–Kier alpha value is -2.09. The van der Waals surface area contributed by atoms with Crippen LogP contribution in [0.2, 0.25) is 0 Å². The molecule has 1 aliphatic carbocycles. The Morgan fingerprint density at radius 2 is 1.94 bits per heavy atom. The van der Waals surface area contributed by atoms with Crippen molar-refractivity contribution in [1.29, 1.82) is 0 Å². The highest BCUT2D eigenvalue weighted by Crippen LogP contribution is 2.31. The second-order valence-electron chi connectivity index (χ2n) is 4.20. The Labute approximate surface area is 99.5 Å². The van der Waals surface area contributed by atoms with Gasteiger partial charge < -0.3 is 4.74 Å². The first-order valence-corrected chi connectivity index (χ1v) is 5.59. The summed E-state index contributed by atoms with van der Waals surface area (Å²) in [6, 6.07) is 12.3. The van der Waals surface area contributed by atoms with E-state index in [4.69, 9.17) is 4.74 Å². The lowest BCUT2D eigenvalue weighted by Crippen LogP contribution is -2.10. The lowest BCUT2D eigenvalue weighted by Gasteiger charge is -2.16. The fourth-order valence-corrected chi connectivity index (χ4v) is 2.42. The van der Waals surface area contributed by atoms with Crippen molar-refractivity contribution < 1.29 is 9.53 Å². The highest BCUT2D eigenvalue weighted by atomic mass is 16.5. The molecule has 2 aromatic carbocycles. The van der Waals surface area contributed by atoms with E-state index in [1.54, 1.807) is 0 Å². The summed E-state index contributed by atoms with van der Waals surface area (Å²) in [5.74, 6) is -0.239. The van der Waals surface area contributed by atoms with E-state index in [9.17, 15) is 4.79 Å². The number of esters is 1. The average molecular weight is 224 g/mol. The van der Waals surface area contributed by atoms with Crippen molar-refractivity contribution in [3.05, 3.63) is 53.1 Å². The molecule has 0 aromatic heterocycles. The molecule has 0 saturated carbocycles. The summed E-state index contributed by atoms with van der Waals surface area (Å²) in [5, 5.41) is 2.47. The summed E-state index contributed by atoms with van der Waals surface area (Å²) >= 11 is 0. The number of carbonyl (C=O) groups is 1. The largest absolute Gasteiger partial charge is 0.466 e. The Bertz CT molecular complexity index is 633. The molecule has 0 N–H and O–H groups in total. The van der Waals surface area contributed by atoms with Gasteiger partial charge in [0.05, 0.1) is 7.11 Å². The zero-order valence-corrected chi connectivity index (χ0v) is 9.57. The topological polar surface area (TPSA) is 26.3 Å². The van der Waals surface area contributed by atoms with Gasteiger partial charge in [0, 0.05) is 12.0 Å². The van der Waals surface area contributed by atoms with E-state index in [0.717, 1.165) is 11.1 Å². The van der Waals surface area contributed by atoms with Gasteiger partial charge in [-0.25, -0.2) is 4.79 Å². The van der Waals surface area contributed by atoms with Crippen LogP contribution in [-0.2, 0) is 16.0 Å². The van der Waals surface area contributed by atoms with E-state index in [-0.39, 0.29) is 5.97 Å². The van der Waals surface area contributed by atoms with Crippen LogP contribution in [0.5, 0.6) is 0 Å². The Balaban J connectivity index is 2.26. The molecule has 2 nitrogen and oxygen atoms in total. The van der Waals surface area contributed by atoms with E-state index in [2.05, 4.69) is 18.2 Å². The molecular formula is C15H12O2. The van der Waals surface area contributed by atoms with Crippen molar-refractivity contribution in [1.82, 2.24) is 0 Å². The highest BCUT2D eigenvalue weighted by Gasteiger charge is 2.18. The van der Waals surface area contributed by atoms with Gasteiger partial charge in [-0.2, -0.15) is 0 Å². The number of ether oxygens (including phenoxy) is 1. The third-order valence-corrected chi connectivity index (χ3v) is 3.18. The number of methoxy groups -OCH3 is 1. The van der Waals surface area contributed by atoms with E-state index in [0.29, 0.717) is 6.42 Å². The molecule has 17 heavy (non-hydrogen) atoms. The van der Waals surface area contributed by atoms with Crippen molar-refractivity contribution in [2.75, 3.05) is 7.11 Å². The minimum absolute atomic E-state index is 0.239. The van der Waals surface area contributed by atoms with Crippen LogP contribution in [-0.4, -0.2) is 13.1 Å². The smallest absolute Gasteiger partial charge is 0.334 e. The zero-order valence-electron chi connectivity index (χ0n) is 9.57. The predicted molar refractivity (Wildman–Crippen MR) is 67.6 cm³/mol. The summed E-state index contributed by atoms with van der Waals surface area (Å²) in [7, 11) is 1.42. The maximum Gasteiger partial charge on any atom is 0.334 e. The first kappa shape index (κ1) is 10.1. The molecule has 1 aliphatic rings. The van der Waals surface area contributed by atoms with Gasteiger partial charge in [-0.05, 0) is 28.0 Å². The molecule has 2 aromatic rings. The molecule has 0 fully saturated rings. The van der Waals surface area contributed by atoms with E-state index in [1.807, 2.05) is 24.3 Å².